The van der Waals surface area contributed by atoms with Crippen LogP contribution in [0, 0.1) is 12.7 Å². The lowest BCUT2D eigenvalue weighted by molar-refractivity contribution is 0.102. The number of nitrogens with one attached hydrogen (secondary N) is 2. The fourth-order valence-corrected chi connectivity index (χ4v) is 3.24. The molecule has 0 aliphatic rings. The summed E-state index contributed by atoms with van der Waals surface area (Å²) >= 11 is 1.42. The van der Waals surface area contributed by atoms with Gasteiger partial charge < -0.3 is 5.32 Å². The molecule has 0 aliphatic heterocycles. The van der Waals surface area contributed by atoms with Gasteiger partial charge in [0.25, 0.3) is 5.91 Å². The zero-order chi connectivity index (χ0) is 17.4. The molecule has 25 heavy (non-hydrogen) atoms. The number of benzene rings is 2. The molecule has 4 rings (SSSR count). The fourth-order valence-electron chi connectivity index (χ4n) is 2.64. The first-order valence-corrected chi connectivity index (χ1v) is 8.45. The van der Waals surface area contributed by atoms with E-state index in [1.165, 1.54) is 23.5 Å². The van der Waals surface area contributed by atoms with E-state index >= 15 is 0 Å². The van der Waals surface area contributed by atoms with E-state index in [0.717, 1.165) is 27.0 Å². The summed E-state index contributed by atoms with van der Waals surface area (Å²) in [6.07, 6.45) is 1.65. The highest BCUT2D eigenvalue weighted by atomic mass is 32.1. The number of H-pyrrole nitrogens is 1. The van der Waals surface area contributed by atoms with Crippen molar-refractivity contribution in [2.24, 2.45) is 0 Å². The van der Waals surface area contributed by atoms with Crippen LogP contribution in [0.4, 0.5) is 10.1 Å². The minimum atomic E-state index is -0.314. The number of carbonyl (C=O) groups is 1. The van der Waals surface area contributed by atoms with Crippen molar-refractivity contribution in [3.8, 4) is 11.1 Å². The Kier molecular flexibility index (Phi) is 3.77. The molecule has 0 unspecified atom stereocenters. The molecular formula is C18H13FN4OS. The largest absolute Gasteiger partial charge is 0.320 e. The van der Waals surface area contributed by atoms with Gasteiger partial charge in [-0.25, -0.2) is 9.37 Å². The number of anilines is 1. The molecule has 2 aromatic carbocycles. The number of aromatic nitrogens is 3. The molecule has 2 aromatic heterocycles. The molecule has 0 spiro atoms. The van der Waals surface area contributed by atoms with Crippen molar-refractivity contribution in [1.29, 1.82) is 0 Å². The molecule has 0 fully saturated rings. The fraction of sp³-hybridized carbons (Fsp3) is 0.0556. The van der Waals surface area contributed by atoms with E-state index in [1.807, 2.05) is 25.1 Å². The number of thiazole rings is 1. The van der Waals surface area contributed by atoms with Crippen LogP contribution in [-0.2, 0) is 0 Å². The molecule has 2 heterocycles. The molecule has 4 aromatic rings. The second kappa shape index (κ2) is 6.10. The van der Waals surface area contributed by atoms with Crippen LogP contribution in [0.3, 0.4) is 0 Å². The Balaban J connectivity index is 1.77. The highest BCUT2D eigenvalue weighted by molar-refractivity contribution is 7.09. The first kappa shape index (κ1) is 15.5. The van der Waals surface area contributed by atoms with Gasteiger partial charge in [-0.3, -0.25) is 9.89 Å². The summed E-state index contributed by atoms with van der Waals surface area (Å²) in [5, 5.41) is 13.1. The van der Waals surface area contributed by atoms with Gasteiger partial charge in [-0.15, -0.1) is 11.3 Å². The van der Waals surface area contributed by atoms with E-state index in [9.17, 15) is 9.18 Å². The van der Waals surface area contributed by atoms with Crippen molar-refractivity contribution in [2.75, 3.05) is 5.32 Å². The first-order chi connectivity index (χ1) is 12.1. The maximum atomic E-state index is 13.5. The van der Waals surface area contributed by atoms with E-state index in [0.29, 0.717) is 11.4 Å². The Labute approximate surface area is 146 Å². The number of aromatic amines is 1. The number of fused-ring (bicyclic) bond motifs is 1. The van der Waals surface area contributed by atoms with Crippen molar-refractivity contribution < 1.29 is 9.18 Å². The Morgan fingerprint density at radius 3 is 2.88 bits per heavy atom. The number of aryl methyl sites for hydroxylation is 1. The van der Waals surface area contributed by atoms with Crippen LogP contribution >= 0.6 is 11.3 Å². The van der Waals surface area contributed by atoms with Crippen LogP contribution in [0.15, 0.2) is 48.0 Å². The lowest BCUT2D eigenvalue weighted by Gasteiger charge is -2.09. The normalized spacial score (nSPS) is 11.0. The van der Waals surface area contributed by atoms with Gasteiger partial charge in [-0.1, -0.05) is 12.1 Å². The molecule has 0 saturated heterocycles. The minimum Gasteiger partial charge on any atom is -0.320 e. The molecule has 0 bridgehead atoms. The lowest BCUT2D eigenvalue weighted by Crippen LogP contribution is -2.12. The van der Waals surface area contributed by atoms with E-state index < -0.39 is 0 Å². The van der Waals surface area contributed by atoms with Crippen molar-refractivity contribution in [3.05, 3.63) is 64.5 Å². The second-order valence-electron chi connectivity index (χ2n) is 5.57. The topological polar surface area (TPSA) is 70.7 Å². The van der Waals surface area contributed by atoms with Crippen molar-refractivity contribution in [2.45, 2.75) is 6.92 Å². The maximum absolute atomic E-state index is 13.5. The lowest BCUT2D eigenvalue weighted by atomic mass is 10.0. The second-order valence-corrected chi connectivity index (χ2v) is 6.63. The summed E-state index contributed by atoms with van der Waals surface area (Å²) < 4.78 is 13.5. The highest BCUT2D eigenvalue weighted by Gasteiger charge is 2.14. The Bertz CT molecular complexity index is 1090. The first-order valence-electron chi connectivity index (χ1n) is 7.57. The van der Waals surface area contributed by atoms with Gasteiger partial charge in [0.05, 0.1) is 22.4 Å². The predicted molar refractivity (Wildman–Crippen MR) is 96.3 cm³/mol. The third kappa shape index (κ3) is 3.01. The van der Waals surface area contributed by atoms with Gasteiger partial charge >= 0.3 is 0 Å². The zero-order valence-electron chi connectivity index (χ0n) is 13.2. The molecule has 0 aliphatic carbocycles. The molecule has 7 heteroatoms. The summed E-state index contributed by atoms with van der Waals surface area (Å²) in [6, 6.07) is 10.00. The number of rotatable bonds is 3. The van der Waals surface area contributed by atoms with Gasteiger partial charge in [0.15, 0.2) is 0 Å². The standard InChI is InChI=1S/C18H13FN4OS/c1-10-21-17(9-25-10)18(24)22-15-6-12(7-16-14(15)8-20-23-16)11-3-2-4-13(19)5-11/h2-9H,1H3,(H,20,23)(H,22,24). The monoisotopic (exact) mass is 352 g/mol. The van der Waals surface area contributed by atoms with Gasteiger partial charge in [0.2, 0.25) is 0 Å². The Morgan fingerprint density at radius 1 is 1.24 bits per heavy atom. The zero-order valence-corrected chi connectivity index (χ0v) is 14.0. The van der Waals surface area contributed by atoms with E-state index in [-0.39, 0.29) is 11.7 Å². The number of hydrogen-bond acceptors (Lipinski definition) is 4. The number of hydrogen-bond donors (Lipinski definition) is 2. The molecule has 0 saturated carbocycles. The van der Waals surface area contributed by atoms with Crippen LogP contribution in [0.25, 0.3) is 22.0 Å². The number of nitrogens with zero attached hydrogens (tertiary/aromatic N) is 2. The summed E-state index contributed by atoms with van der Waals surface area (Å²) in [5.41, 5.74) is 3.22. The van der Waals surface area contributed by atoms with Crippen molar-refractivity contribution in [1.82, 2.24) is 15.2 Å². The summed E-state index contributed by atoms with van der Waals surface area (Å²) in [7, 11) is 0. The third-order valence-corrected chi connectivity index (χ3v) is 4.59. The van der Waals surface area contributed by atoms with Crippen LogP contribution in [0.1, 0.15) is 15.5 Å². The molecule has 2 N–H and O–H groups in total. The van der Waals surface area contributed by atoms with Crippen LogP contribution in [-0.4, -0.2) is 21.1 Å². The molecule has 0 atom stereocenters. The van der Waals surface area contributed by atoms with Gasteiger partial charge in [-0.2, -0.15) is 5.10 Å². The van der Waals surface area contributed by atoms with Gasteiger partial charge in [0, 0.05) is 10.8 Å². The SMILES string of the molecule is Cc1nc(C(=O)Nc2cc(-c3cccc(F)c3)cc3[nH]ncc23)cs1. The third-order valence-electron chi connectivity index (χ3n) is 3.82. The molecule has 0 radical (unpaired) electrons. The summed E-state index contributed by atoms with van der Waals surface area (Å²) in [4.78, 5) is 16.6. The Hall–Kier alpha value is -3.06. The molecule has 1 amide bonds. The van der Waals surface area contributed by atoms with Crippen molar-refractivity contribution in [3.63, 3.8) is 0 Å². The smallest absolute Gasteiger partial charge is 0.275 e. The van der Waals surface area contributed by atoms with E-state index in [2.05, 4.69) is 20.5 Å². The molecule has 5 nitrogen and oxygen atoms in total. The average Bonchev–Trinajstić information content (AvgIpc) is 3.23. The van der Waals surface area contributed by atoms with Crippen molar-refractivity contribution >= 4 is 33.8 Å². The van der Waals surface area contributed by atoms with Gasteiger partial charge in [-0.05, 0) is 42.3 Å². The van der Waals surface area contributed by atoms with Crippen LogP contribution in [0.5, 0.6) is 0 Å². The van der Waals surface area contributed by atoms with E-state index in [4.69, 9.17) is 0 Å². The quantitative estimate of drug-likeness (QED) is 0.574. The number of halogens is 1. The minimum absolute atomic E-state index is 0.289. The predicted octanol–water partition coefficient (Wildman–Crippen LogP) is 4.39. The van der Waals surface area contributed by atoms with Gasteiger partial charge in [0.1, 0.15) is 11.5 Å². The molecular weight excluding hydrogens is 339 g/mol. The Morgan fingerprint density at radius 2 is 2.12 bits per heavy atom. The highest BCUT2D eigenvalue weighted by Crippen LogP contribution is 2.30. The van der Waals surface area contributed by atoms with Crippen LogP contribution < -0.4 is 5.32 Å². The summed E-state index contributed by atoms with van der Waals surface area (Å²) in [6.45, 7) is 1.85. The maximum Gasteiger partial charge on any atom is 0.275 e. The molecule has 124 valence electrons. The van der Waals surface area contributed by atoms with Crippen LogP contribution in [0.2, 0.25) is 0 Å². The number of carbonyl (C=O) groups excluding carboxylic acids is 1. The average molecular weight is 352 g/mol. The van der Waals surface area contributed by atoms with E-state index in [1.54, 1.807) is 17.6 Å². The summed E-state index contributed by atoms with van der Waals surface area (Å²) in [5.74, 6) is -0.603. The number of amides is 1.